The highest BCUT2D eigenvalue weighted by Gasteiger charge is 2.03. The van der Waals surface area contributed by atoms with E-state index in [1.165, 1.54) is 10.8 Å². The molecule has 0 spiro atoms. The van der Waals surface area contributed by atoms with Crippen LogP contribution in [0.4, 0.5) is 5.95 Å². The van der Waals surface area contributed by atoms with Crippen LogP contribution in [0, 0.1) is 6.92 Å². The Hall–Kier alpha value is -3.60. The van der Waals surface area contributed by atoms with E-state index in [9.17, 15) is 0 Å². The molecule has 0 atom stereocenters. The minimum atomic E-state index is 0.368. The van der Waals surface area contributed by atoms with Crippen LogP contribution >= 0.6 is 0 Å². The fourth-order valence-corrected chi connectivity index (χ4v) is 2.99. The minimum absolute atomic E-state index is 0.368. The Morgan fingerprint density at radius 2 is 1.89 bits per heavy atom. The van der Waals surface area contributed by atoms with Crippen molar-refractivity contribution in [1.29, 1.82) is 0 Å². The van der Waals surface area contributed by atoms with Crippen molar-refractivity contribution in [3.63, 3.8) is 0 Å². The van der Waals surface area contributed by atoms with Crippen LogP contribution in [-0.4, -0.2) is 15.9 Å². The number of nitrogens with zero attached hydrogens (tertiary/aromatic N) is 3. The summed E-state index contributed by atoms with van der Waals surface area (Å²) in [5.74, 6) is 1.16. The zero-order valence-electron chi connectivity index (χ0n) is 15.0. The molecular weight excluding hydrogens is 336 g/mol. The number of imidazole rings is 1. The smallest absolute Gasteiger partial charge is 0.221 e. The van der Waals surface area contributed by atoms with Crippen molar-refractivity contribution in [3.8, 4) is 5.75 Å². The predicted molar refractivity (Wildman–Crippen MR) is 109 cm³/mol. The maximum atomic E-state index is 6.02. The van der Waals surface area contributed by atoms with Crippen molar-refractivity contribution < 1.29 is 4.74 Å². The monoisotopic (exact) mass is 356 g/mol. The van der Waals surface area contributed by atoms with Crippen molar-refractivity contribution in [2.24, 2.45) is 5.10 Å². The summed E-state index contributed by atoms with van der Waals surface area (Å²) in [7, 11) is 0. The first-order valence-electron chi connectivity index (χ1n) is 8.74. The molecule has 1 heterocycles. The Morgan fingerprint density at radius 1 is 1.07 bits per heavy atom. The third-order valence-electron chi connectivity index (χ3n) is 4.30. The van der Waals surface area contributed by atoms with Gasteiger partial charge in [-0.2, -0.15) is 5.10 Å². The zero-order chi connectivity index (χ0) is 18.6. The van der Waals surface area contributed by atoms with Crippen molar-refractivity contribution in [1.82, 2.24) is 9.66 Å². The van der Waals surface area contributed by atoms with Gasteiger partial charge in [0.25, 0.3) is 0 Å². The van der Waals surface area contributed by atoms with Gasteiger partial charge in [-0.15, -0.1) is 0 Å². The molecule has 0 aliphatic carbocycles. The van der Waals surface area contributed by atoms with Gasteiger partial charge in [0.2, 0.25) is 5.95 Å². The number of aromatic nitrogens is 2. The van der Waals surface area contributed by atoms with Crippen LogP contribution in [0.2, 0.25) is 0 Å². The highest BCUT2D eigenvalue weighted by atomic mass is 16.5. The molecule has 0 aliphatic heterocycles. The molecular formula is C22H20N4O. The van der Waals surface area contributed by atoms with Crippen LogP contribution in [0.1, 0.15) is 16.8 Å². The van der Waals surface area contributed by atoms with Crippen LogP contribution in [0.5, 0.6) is 5.75 Å². The molecule has 27 heavy (non-hydrogen) atoms. The van der Waals surface area contributed by atoms with E-state index in [0.717, 1.165) is 22.6 Å². The Labute approximate surface area is 157 Å². The van der Waals surface area contributed by atoms with Gasteiger partial charge in [0.05, 0.1) is 18.1 Å². The summed E-state index contributed by atoms with van der Waals surface area (Å²) in [6, 6.07) is 22.4. The van der Waals surface area contributed by atoms with E-state index >= 15 is 0 Å². The standard InChI is InChI=1S/C22H20N4O/c1-16-14-26(22(23)25-16)24-13-17-6-4-10-20(12-17)27-15-19-9-5-8-18-7-2-3-11-21(18)19/h2-14H,15H2,1H3,(H2,23,25). The third kappa shape index (κ3) is 3.82. The van der Waals surface area contributed by atoms with E-state index in [1.807, 2.05) is 43.3 Å². The van der Waals surface area contributed by atoms with E-state index in [-0.39, 0.29) is 0 Å². The molecule has 0 fully saturated rings. The molecule has 0 amide bonds. The molecule has 3 aromatic carbocycles. The average Bonchev–Trinajstić information content (AvgIpc) is 3.02. The summed E-state index contributed by atoms with van der Waals surface area (Å²) in [4.78, 5) is 4.13. The molecule has 5 heteroatoms. The van der Waals surface area contributed by atoms with E-state index < -0.39 is 0 Å². The Balaban J connectivity index is 1.50. The summed E-state index contributed by atoms with van der Waals surface area (Å²) in [5.41, 5.74) is 8.72. The number of ether oxygens (including phenoxy) is 1. The highest BCUT2D eigenvalue weighted by molar-refractivity contribution is 5.85. The summed E-state index contributed by atoms with van der Waals surface area (Å²) < 4.78 is 7.57. The molecule has 5 nitrogen and oxygen atoms in total. The molecule has 0 saturated carbocycles. The Kier molecular flexibility index (Phi) is 4.58. The SMILES string of the molecule is Cc1cn(N=Cc2cccc(OCc3cccc4ccccc34)c2)c(N)n1. The lowest BCUT2D eigenvalue weighted by atomic mass is 10.1. The number of aryl methyl sites for hydroxylation is 1. The topological polar surface area (TPSA) is 65.4 Å². The van der Waals surface area contributed by atoms with Crippen LogP contribution in [0.15, 0.2) is 78.0 Å². The lowest BCUT2D eigenvalue weighted by Crippen LogP contribution is -1.98. The van der Waals surface area contributed by atoms with Gasteiger partial charge in [0.15, 0.2) is 0 Å². The number of benzene rings is 3. The second kappa shape index (κ2) is 7.33. The van der Waals surface area contributed by atoms with E-state index in [4.69, 9.17) is 10.5 Å². The van der Waals surface area contributed by atoms with Crippen molar-refractivity contribution in [2.45, 2.75) is 13.5 Å². The van der Waals surface area contributed by atoms with Gasteiger partial charge < -0.3 is 10.5 Å². The van der Waals surface area contributed by atoms with Crippen molar-refractivity contribution in [3.05, 3.63) is 89.7 Å². The van der Waals surface area contributed by atoms with Crippen LogP contribution < -0.4 is 10.5 Å². The first kappa shape index (κ1) is 16.8. The van der Waals surface area contributed by atoms with Gasteiger partial charge >= 0.3 is 0 Å². The van der Waals surface area contributed by atoms with E-state index in [1.54, 1.807) is 17.1 Å². The molecule has 0 radical (unpaired) electrons. The molecule has 0 saturated heterocycles. The molecule has 134 valence electrons. The quantitative estimate of drug-likeness (QED) is 0.539. The number of hydrogen-bond acceptors (Lipinski definition) is 4. The molecule has 2 N–H and O–H groups in total. The van der Waals surface area contributed by atoms with Gasteiger partial charge in [0, 0.05) is 0 Å². The predicted octanol–water partition coefficient (Wildman–Crippen LogP) is 4.39. The van der Waals surface area contributed by atoms with Gasteiger partial charge in [0.1, 0.15) is 12.4 Å². The maximum Gasteiger partial charge on any atom is 0.221 e. The number of rotatable bonds is 5. The number of anilines is 1. The molecule has 0 unspecified atom stereocenters. The Morgan fingerprint density at radius 3 is 2.74 bits per heavy atom. The summed E-state index contributed by atoms with van der Waals surface area (Å²) in [6.07, 6.45) is 3.52. The summed E-state index contributed by atoms with van der Waals surface area (Å²) in [5, 5.41) is 6.77. The van der Waals surface area contributed by atoms with Gasteiger partial charge in [-0.25, -0.2) is 9.66 Å². The van der Waals surface area contributed by atoms with Crippen LogP contribution in [-0.2, 0) is 6.61 Å². The highest BCUT2D eigenvalue weighted by Crippen LogP contribution is 2.21. The van der Waals surface area contributed by atoms with E-state index in [2.05, 4.69) is 40.4 Å². The lowest BCUT2D eigenvalue weighted by Gasteiger charge is -2.09. The summed E-state index contributed by atoms with van der Waals surface area (Å²) in [6.45, 7) is 2.39. The summed E-state index contributed by atoms with van der Waals surface area (Å²) >= 11 is 0. The minimum Gasteiger partial charge on any atom is -0.489 e. The second-order valence-corrected chi connectivity index (χ2v) is 6.33. The largest absolute Gasteiger partial charge is 0.489 e. The Bertz CT molecular complexity index is 1110. The number of nitrogens with two attached hydrogens (primary N) is 1. The first-order valence-corrected chi connectivity index (χ1v) is 8.74. The number of nitrogen functional groups attached to an aromatic ring is 1. The van der Waals surface area contributed by atoms with Gasteiger partial charge in [-0.3, -0.25) is 0 Å². The normalized spacial score (nSPS) is 11.3. The zero-order valence-corrected chi connectivity index (χ0v) is 15.0. The van der Waals surface area contributed by atoms with Crippen LogP contribution in [0.3, 0.4) is 0 Å². The molecule has 1 aromatic heterocycles. The van der Waals surface area contributed by atoms with Crippen LogP contribution in [0.25, 0.3) is 10.8 Å². The molecule has 0 aliphatic rings. The molecule has 4 aromatic rings. The molecule has 0 bridgehead atoms. The number of fused-ring (bicyclic) bond motifs is 1. The van der Waals surface area contributed by atoms with Gasteiger partial charge in [-0.05, 0) is 41.0 Å². The fourth-order valence-electron chi connectivity index (χ4n) is 2.99. The fraction of sp³-hybridized carbons (Fsp3) is 0.0909. The third-order valence-corrected chi connectivity index (χ3v) is 4.30. The second-order valence-electron chi connectivity index (χ2n) is 6.33. The lowest BCUT2D eigenvalue weighted by molar-refractivity contribution is 0.307. The molecule has 4 rings (SSSR count). The average molecular weight is 356 g/mol. The van der Waals surface area contributed by atoms with E-state index in [0.29, 0.717) is 12.6 Å². The maximum absolute atomic E-state index is 6.02. The van der Waals surface area contributed by atoms with Gasteiger partial charge in [-0.1, -0.05) is 54.6 Å². The van der Waals surface area contributed by atoms with Crippen molar-refractivity contribution in [2.75, 3.05) is 5.73 Å². The number of hydrogen-bond donors (Lipinski definition) is 1. The first-order chi connectivity index (χ1) is 13.2. The van der Waals surface area contributed by atoms with Crippen molar-refractivity contribution >= 4 is 22.9 Å².